The normalized spacial score (nSPS) is 34.9. The molecule has 1 fully saturated rings. The van der Waals surface area contributed by atoms with E-state index in [0.29, 0.717) is 17.8 Å². The van der Waals surface area contributed by atoms with Crippen LogP contribution < -0.4 is 0 Å². The average molecular weight is 204 g/mol. The molecule has 1 aliphatic rings. The van der Waals surface area contributed by atoms with Crippen molar-refractivity contribution in [3.8, 4) is 0 Å². The van der Waals surface area contributed by atoms with Crippen LogP contribution in [0, 0.1) is 11.8 Å². The van der Waals surface area contributed by atoms with Gasteiger partial charge in [-0.3, -0.25) is 0 Å². The molecule has 0 radical (unpaired) electrons. The van der Waals surface area contributed by atoms with Gasteiger partial charge in [0, 0.05) is 0 Å². The van der Waals surface area contributed by atoms with E-state index in [0.717, 1.165) is 12.8 Å². The van der Waals surface area contributed by atoms with E-state index in [1.54, 1.807) is 0 Å². The molecule has 0 heterocycles. The second-order valence-corrected chi connectivity index (χ2v) is 4.57. The Morgan fingerprint density at radius 3 is 2.00 bits per heavy atom. The lowest BCUT2D eigenvalue weighted by molar-refractivity contribution is -0.0687. The fraction of sp³-hybridized carbons (Fsp3) is 0.571. The van der Waals surface area contributed by atoms with Gasteiger partial charge < -0.3 is 5.11 Å². The topological polar surface area (TPSA) is 20.2 Å². The molecule has 2 rings (SSSR count). The molecule has 82 valence electrons. The van der Waals surface area contributed by atoms with E-state index in [2.05, 4.69) is 44.2 Å². The van der Waals surface area contributed by atoms with Crippen LogP contribution in [0.25, 0.3) is 0 Å². The number of aliphatic hydroxyl groups is 1. The van der Waals surface area contributed by atoms with E-state index in [9.17, 15) is 5.11 Å². The fourth-order valence-corrected chi connectivity index (χ4v) is 3.07. The lowest BCUT2D eigenvalue weighted by Gasteiger charge is -2.49. The third-order valence-corrected chi connectivity index (χ3v) is 3.93. The maximum Gasteiger partial charge on any atom is 0.0608 e. The van der Waals surface area contributed by atoms with E-state index in [-0.39, 0.29) is 6.10 Å². The predicted molar refractivity (Wildman–Crippen MR) is 62.8 cm³/mol. The average Bonchev–Trinajstić information content (AvgIpc) is 2.28. The van der Waals surface area contributed by atoms with Crippen LogP contribution >= 0.6 is 0 Å². The van der Waals surface area contributed by atoms with Crippen molar-refractivity contribution in [2.75, 3.05) is 0 Å². The molecule has 1 nitrogen and oxygen atoms in total. The van der Waals surface area contributed by atoms with Crippen LogP contribution in [-0.2, 0) is 0 Å². The Kier molecular flexibility index (Phi) is 3.11. The first-order chi connectivity index (χ1) is 7.29. The zero-order valence-electron chi connectivity index (χ0n) is 9.56. The zero-order valence-corrected chi connectivity index (χ0v) is 9.56. The van der Waals surface area contributed by atoms with Crippen molar-refractivity contribution in [3.05, 3.63) is 35.9 Å². The second kappa shape index (κ2) is 4.36. The molecular weight excluding hydrogens is 184 g/mol. The van der Waals surface area contributed by atoms with Gasteiger partial charge in [-0.25, -0.2) is 0 Å². The van der Waals surface area contributed by atoms with Crippen molar-refractivity contribution in [3.63, 3.8) is 0 Å². The van der Waals surface area contributed by atoms with Crippen LogP contribution in [0.3, 0.4) is 0 Å². The molecule has 2 atom stereocenters. The molecule has 15 heavy (non-hydrogen) atoms. The maximum absolute atomic E-state index is 10.00. The van der Waals surface area contributed by atoms with Crippen LogP contribution in [0.2, 0.25) is 0 Å². The van der Waals surface area contributed by atoms with Gasteiger partial charge in [0.2, 0.25) is 0 Å². The monoisotopic (exact) mass is 204 g/mol. The minimum absolute atomic E-state index is 0.0785. The minimum atomic E-state index is -0.0785. The summed E-state index contributed by atoms with van der Waals surface area (Å²) in [6.07, 6.45) is 2.08. The molecule has 1 aromatic carbocycles. The molecule has 0 saturated heterocycles. The molecule has 1 saturated carbocycles. The number of benzene rings is 1. The quantitative estimate of drug-likeness (QED) is 0.801. The summed E-state index contributed by atoms with van der Waals surface area (Å²) in [6.45, 7) is 4.35. The lowest BCUT2D eigenvalue weighted by Crippen LogP contribution is -2.48. The Morgan fingerprint density at radius 1 is 1.00 bits per heavy atom. The van der Waals surface area contributed by atoms with Gasteiger partial charge in [-0.2, -0.15) is 0 Å². The van der Waals surface area contributed by atoms with Crippen molar-refractivity contribution in [2.45, 2.75) is 38.7 Å². The van der Waals surface area contributed by atoms with Crippen LogP contribution in [0.4, 0.5) is 0 Å². The molecule has 1 heteroatoms. The van der Waals surface area contributed by atoms with E-state index < -0.39 is 0 Å². The summed E-state index contributed by atoms with van der Waals surface area (Å²) < 4.78 is 0. The Labute approximate surface area is 92.1 Å². The third-order valence-electron chi connectivity index (χ3n) is 3.93. The third kappa shape index (κ3) is 1.69. The van der Waals surface area contributed by atoms with Crippen molar-refractivity contribution in [2.24, 2.45) is 11.8 Å². The van der Waals surface area contributed by atoms with Gasteiger partial charge in [-0.15, -0.1) is 0 Å². The standard InChI is InChI=1S/C14H20O/c1-3-11-13(12(4-2)14(11)15)10-8-6-5-7-9-10/h5-9,11-15H,3-4H2,1-2H3. The Balaban J connectivity index is 2.20. The van der Waals surface area contributed by atoms with Crippen LogP contribution in [0.5, 0.6) is 0 Å². The van der Waals surface area contributed by atoms with Crippen molar-refractivity contribution >= 4 is 0 Å². The summed E-state index contributed by atoms with van der Waals surface area (Å²) in [5.41, 5.74) is 1.40. The van der Waals surface area contributed by atoms with Gasteiger partial charge in [0.15, 0.2) is 0 Å². The highest BCUT2D eigenvalue weighted by Crippen LogP contribution is 2.50. The lowest BCUT2D eigenvalue weighted by atomic mass is 9.58. The predicted octanol–water partition coefficient (Wildman–Crippen LogP) is 3.20. The van der Waals surface area contributed by atoms with Gasteiger partial charge in [0.05, 0.1) is 6.10 Å². The van der Waals surface area contributed by atoms with Crippen molar-refractivity contribution in [1.82, 2.24) is 0 Å². The number of aliphatic hydroxyl groups excluding tert-OH is 1. The van der Waals surface area contributed by atoms with Crippen LogP contribution in [0.1, 0.15) is 38.2 Å². The largest absolute Gasteiger partial charge is 0.393 e. The summed E-state index contributed by atoms with van der Waals surface area (Å²) in [4.78, 5) is 0. The SMILES string of the molecule is CCC1C(O)C(CC)C1c1ccccc1. The molecule has 0 amide bonds. The highest BCUT2D eigenvalue weighted by Gasteiger charge is 2.47. The number of hydrogen-bond donors (Lipinski definition) is 1. The minimum Gasteiger partial charge on any atom is -0.393 e. The van der Waals surface area contributed by atoms with Crippen molar-refractivity contribution in [1.29, 1.82) is 0 Å². The van der Waals surface area contributed by atoms with Crippen LogP contribution in [-0.4, -0.2) is 11.2 Å². The molecule has 1 aliphatic carbocycles. The summed E-state index contributed by atoms with van der Waals surface area (Å²) >= 11 is 0. The molecule has 1 aromatic rings. The summed E-state index contributed by atoms with van der Waals surface area (Å²) in [6, 6.07) is 10.6. The highest BCUT2D eigenvalue weighted by molar-refractivity contribution is 5.25. The summed E-state index contributed by atoms with van der Waals surface area (Å²) in [7, 11) is 0. The number of rotatable bonds is 3. The molecule has 2 unspecified atom stereocenters. The first-order valence-corrected chi connectivity index (χ1v) is 6.02. The van der Waals surface area contributed by atoms with Gasteiger partial charge in [-0.05, 0) is 23.3 Å². The molecular formula is C14H20O. The smallest absolute Gasteiger partial charge is 0.0608 e. The van der Waals surface area contributed by atoms with Gasteiger partial charge in [0.25, 0.3) is 0 Å². The van der Waals surface area contributed by atoms with E-state index in [1.807, 2.05) is 0 Å². The Hall–Kier alpha value is -0.820. The van der Waals surface area contributed by atoms with E-state index in [4.69, 9.17) is 0 Å². The maximum atomic E-state index is 10.00. The summed E-state index contributed by atoms with van der Waals surface area (Å²) in [5, 5.41) is 10.00. The molecule has 0 aromatic heterocycles. The zero-order chi connectivity index (χ0) is 10.8. The fourth-order valence-electron chi connectivity index (χ4n) is 3.07. The Bertz CT molecular complexity index is 294. The Morgan fingerprint density at radius 2 is 1.53 bits per heavy atom. The second-order valence-electron chi connectivity index (χ2n) is 4.57. The first-order valence-electron chi connectivity index (χ1n) is 6.02. The van der Waals surface area contributed by atoms with Gasteiger partial charge in [-0.1, -0.05) is 57.0 Å². The molecule has 1 N–H and O–H groups in total. The molecule has 0 aliphatic heterocycles. The van der Waals surface area contributed by atoms with E-state index in [1.165, 1.54) is 5.56 Å². The van der Waals surface area contributed by atoms with Gasteiger partial charge >= 0.3 is 0 Å². The number of hydrogen-bond acceptors (Lipinski definition) is 1. The van der Waals surface area contributed by atoms with Crippen LogP contribution in [0.15, 0.2) is 30.3 Å². The highest BCUT2D eigenvalue weighted by atomic mass is 16.3. The molecule has 0 spiro atoms. The molecule has 0 bridgehead atoms. The summed E-state index contributed by atoms with van der Waals surface area (Å²) in [5.74, 6) is 1.52. The van der Waals surface area contributed by atoms with Crippen molar-refractivity contribution < 1.29 is 5.11 Å². The van der Waals surface area contributed by atoms with Gasteiger partial charge in [0.1, 0.15) is 0 Å². The van der Waals surface area contributed by atoms with E-state index >= 15 is 0 Å². The first kappa shape index (κ1) is 10.7.